The molecule has 1 aliphatic rings. The fraction of sp³-hybridized carbons (Fsp3) is 0.550. The van der Waals surface area contributed by atoms with Gasteiger partial charge in [0.05, 0.1) is 12.1 Å². The average Bonchev–Trinajstić information content (AvgIpc) is 2.70. The van der Waals surface area contributed by atoms with E-state index in [4.69, 9.17) is 14.6 Å². The summed E-state index contributed by atoms with van der Waals surface area (Å²) in [4.78, 5) is 32.5. The Morgan fingerprint density at radius 2 is 1.90 bits per heavy atom. The molecule has 9 heteroatoms. The van der Waals surface area contributed by atoms with Gasteiger partial charge in [-0.25, -0.2) is 0 Å². The van der Waals surface area contributed by atoms with Crippen LogP contribution in [0.3, 0.4) is 0 Å². The van der Waals surface area contributed by atoms with E-state index < -0.39 is 12.1 Å². The molecule has 0 heterocycles. The van der Waals surface area contributed by atoms with Crippen LogP contribution in [-0.2, 0) is 25.5 Å². The van der Waals surface area contributed by atoms with E-state index in [2.05, 4.69) is 10.6 Å². The fourth-order valence-corrected chi connectivity index (χ4v) is 3.13. The standard InChI is InChI=1S/C19H28N2O5.CH2O2/c1-2-26-12-18(24)21-16-11-14(5-8-17(16)23)19(25)20-10-9-13-3-6-15(22)7-4-13;2-1-3/h3-4,6-7,14,16-17,22-23H,2,5,8-12H2,1H3,(H,20,25)(H,21,24);1H,(H,2,3)/t14-,16+,17+;/m0./s1. The van der Waals surface area contributed by atoms with Gasteiger partial charge in [-0.2, -0.15) is 0 Å². The van der Waals surface area contributed by atoms with E-state index in [9.17, 15) is 19.8 Å². The number of hydrogen-bond donors (Lipinski definition) is 5. The molecule has 1 aliphatic carbocycles. The minimum atomic E-state index is -0.637. The molecular weight excluding hydrogens is 380 g/mol. The zero-order valence-electron chi connectivity index (χ0n) is 16.5. The number of rotatable bonds is 8. The third kappa shape index (κ3) is 9.40. The first-order valence-electron chi connectivity index (χ1n) is 9.59. The van der Waals surface area contributed by atoms with Gasteiger partial charge in [-0.15, -0.1) is 0 Å². The predicted octanol–water partition coefficient (Wildman–Crippen LogP) is 0.434. The summed E-state index contributed by atoms with van der Waals surface area (Å²) in [5, 5.41) is 31.9. The molecule has 162 valence electrons. The van der Waals surface area contributed by atoms with E-state index in [0.29, 0.717) is 38.8 Å². The lowest BCUT2D eigenvalue weighted by Crippen LogP contribution is -2.50. The lowest BCUT2D eigenvalue weighted by Gasteiger charge is -2.33. The van der Waals surface area contributed by atoms with Crippen molar-refractivity contribution in [3.8, 4) is 5.75 Å². The molecule has 3 atom stereocenters. The van der Waals surface area contributed by atoms with Crippen LogP contribution in [0.25, 0.3) is 0 Å². The van der Waals surface area contributed by atoms with Crippen molar-refractivity contribution in [2.75, 3.05) is 19.8 Å². The smallest absolute Gasteiger partial charge is 0.290 e. The SMILES string of the molecule is CCOCC(=O)N[C@@H]1C[C@@H](C(=O)NCCc2ccc(O)cc2)CC[C@H]1O.O=CO. The molecule has 2 amide bonds. The van der Waals surface area contributed by atoms with Gasteiger partial charge in [0.25, 0.3) is 6.47 Å². The zero-order valence-corrected chi connectivity index (χ0v) is 16.5. The van der Waals surface area contributed by atoms with Crippen molar-refractivity contribution in [3.63, 3.8) is 0 Å². The summed E-state index contributed by atoms with van der Waals surface area (Å²) in [6.07, 6.45) is 1.54. The maximum atomic E-state index is 12.4. The summed E-state index contributed by atoms with van der Waals surface area (Å²) in [5.41, 5.74) is 1.03. The molecule has 1 aromatic rings. The van der Waals surface area contributed by atoms with Crippen molar-refractivity contribution in [3.05, 3.63) is 29.8 Å². The van der Waals surface area contributed by atoms with Crippen LogP contribution < -0.4 is 10.6 Å². The summed E-state index contributed by atoms with van der Waals surface area (Å²) in [6.45, 7) is 2.47. The first-order chi connectivity index (χ1) is 13.9. The Balaban J connectivity index is 0.00000132. The van der Waals surface area contributed by atoms with Gasteiger partial charge in [0.1, 0.15) is 12.4 Å². The van der Waals surface area contributed by atoms with E-state index in [-0.39, 0.29) is 36.6 Å². The third-order valence-electron chi connectivity index (χ3n) is 4.62. The molecule has 0 radical (unpaired) electrons. The molecule has 0 bridgehead atoms. The molecule has 0 aliphatic heterocycles. The van der Waals surface area contributed by atoms with Gasteiger partial charge in [-0.05, 0) is 50.3 Å². The number of aliphatic hydroxyl groups excluding tert-OH is 1. The van der Waals surface area contributed by atoms with Crippen LogP contribution in [0, 0.1) is 5.92 Å². The maximum absolute atomic E-state index is 12.4. The fourth-order valence-electron chi connectivity index (χ4n) is 3.13. The van der Waals surface area contributed by atoms with Crippen LogP contribution >= 0.6 is 0 Å². The lowest BCUT2D eigenvalue weighted by molar-refractivity contribution is -0.131. The summed E-state index contributed by atoms with van der Waals surface area (Å²) in [7, 11) is 0. The van der Waals surface area contributed by atoms with Crippen LogP contribution in [0.5, 0.6) is 5.75 Å². The topological polar surface area (TPSA) is 145 Å². The van der Waals surface area contributed by atoms with Crippen molar-refractivity contribution < 1.29 is 34.4 Å². The summed E-state index contributed by atoms with van der Waals surface area (Å²) in [6, 6.07) is 6.46. The second-order valence-corrected chi connectivity index (χ2v) is 6.70. The number of hydrogen-bond acceptors (Lipinski definition) is 6. The number of benzene rings is 1. The molecule has 5 N–H and O–H groups in total. The normalized spacial score (nSPS) is 20.7. The van der Waals surface area contributed by atoms with E-state index in [0.717, 1.165) is 5.56 Å². The molecule has 29 heavy (non-hydrogen) atoms. The molecule has 0 saturated heterocycles. The summed E-state index contributed by atoms with van der Waals surface area (Å²) >= 11 is 0. The molecule has 1 saturated carbocycles. The second kappa shape index (κ2) is 13.5. The largest absolute Gasteiger partial charge is 0.508 e. The highest BCUT2D eigenvalue weighted by molar-refractivity contribution is 5.80. The van der Waals surface area contributed by atoms with Gasteiger partial charge in [0.2, 0.25) is 11.8 Å². The number of aliphatic hydroxyl groups is 1. The number of nitrogens with one attached hydrogen (secondary N) is 2. The van der Waals surface area contributed by atoms with Crippen molar-refractivity contribution in [2.24, 2.45) is 5.92 Å². The average molecular weight is 410 g/mol. The van der Waals surface area contributed by atoms with Crippen LogP contribution in [0.1, 0.15) is 31.7 Å². The predicted molar refractivity (Wildman–Crippen MR) is 105 cm³/mol. The quantitative estimate of drug-likeness (QED) is 0.391. The van der Waals surface area contributed by atoms with Gasteiger partial charge in [-0.3, -0.25) is 14.4 Å². The molecule has 1 aromatic carbocycles. The highest BCUT2D eigenvalue weighted by Crippen LogP contribution is 2.25. The number of aromatic hydroxyl groups is 1. The van der Waals surface area contributed by atoms with E-state index in [1.54, 1.807) is 19.1 Å². The maximum Gasteiger partial charge on any atom is 0.290 e. The molecular formula is C20H30N2O7. The van der Waals surface area contributed by atoms with Crippen molar-refractivity contribution in [1.82, 2.24) is 10.6 Å². The van der Waals surface area contributed by atoms with Crippen LogP contribution in [0.4, 0.5) is 0 Å². The Labute approximate surface area is 170 Å². The molecule has 0 unspecified atom stereocenters. The minimum Gasteiger partial charge on any atom is -0.508 e. The van der Waals surface area contributed by atoms with Gasteiger partial charge in [0.15, 0.2) is 0 Å². The molecule has 0 aromatic heterocycles. The highest BCUT2D eigenvalue weighted by Gasteiger charge is 2.33. The first kappa shape index (κ1) is 24.4. The number of ether oxygens (including phenoxy) is 1. The van der Waals surface area contributed by atoms with Gasteiger partial charge in [0, 0.05) is 19.1 Å². The third-order valence-corrected chi connectivity index (χ3v) is 4.62. The lowest BCUT2D eigenvalue weighted by atomic mass is 9.83. The Morgan fingerprint density at radius 3 is 2.52 bits per heavy atom. The van der Waals surface area contributed by atoms with E-state index in [1.807, 2.05) is 12.1 Å². The summed E-state index contributed by atoms with van der Waals surface area (Å²) in [5.74, 6) is -0.337. The second-order valence-electron chi connectivity index (χ2n) is 6.70. The molecule has 0 spiro atoms. The Bertz CT molecular complexity index is 636. The van der Waals surface area contributed by atoms with Gasteiger partial charge < -0.3 is 30.7 Å². The molecule has 1 fully saturated rings. The van der Waals surface area contributed by atoms with Gasteiger partial charge in [-0.1, -0.05) is 12.1 Å². The highest BCUT2D eigenvalue weighted by atomic mass is 16.5. The van der Waals surface area contributed by atoms with Crippen molar-refractivity contribution in [1.29, 1.82) is 0 Å². The Morgan fingerprint density at radius 1 is 1.24 bits per heavy atom. The van der Waals surface area contributed by atoms with Crippen molar-refractivity contribution in [2.45, 2.75) is 44.8 Å². The number of amides is 2. The van der Waals surface area contributed by atoms with Crippen molar-refractivity contribution >= 4 is 18.3 Å². The van der Waals surface area contributed by atoms with Gasteiger partial charge >= 0.3 is 0 Å². The number of carbonyl (C=O) groups excluding carboxylic acids is 2. The minimum absolute atomic E-state index is 0.0385. The monoisotopic (exact) mass is 410 g/mol. The molecule has 2 rings (SSSR count). The van der Waals surface area contributed by atoms with Crippen LogP contribution in [0.15, 0.2) is 24.3 Å². The Kier molecular flexibility index (Phi) is 11.4. The van der Waals surface area contributed by atoms with Crippen LogP contribution in [-0.4, -0.2) is 65.5 Å². The number of phenolic OH excluding ortho intramolecular Hbond substituents is 1. The Hall–Kier alpha value is -2.65. The number of carboxylic acid groups (broad SMARTS) is 1. The molecule has 9 nitrogen and oxygen atoms in total. The van der Waals surface area contributed by atoms with Crippen LogP contribution in [0.2, 0.25) is 0 Å². The zero-order chi connectivity index (χ0) is 21.6. The number of carbonyl (C=O) groups is 3. The first-order valence-corrected chi connectivity index (χ1v) is 9.59. The van der Waals surface area contributed by atoms with E-state index in [1.165, 1.54) is 0 Å². The van der Waals surface area contributed by atoms with E-state index >= 15 is 0 Å². The summed E-state index contributed by atoms with van der Waals surface area (Å²) < 4.78 is 5.06. The number of phenols is 1.